The molecule has 0 saturated carbocycles. The van der Waals surface area contributed by atoms with Gasteiger partial charge in [-0.25, -0.2) is 9.59 Å². The fourth-order valence-electron chi connectivity index (χ4n) is 4.24. The number of hydrogen-bond acceptors (Lipinski definition) is 7. The van der Waals surface area contributed by atoms with Crippen molar-refractivity contribution in [2.24, 2.45) is 5.73 Å². The van der Waals surface area contributed by atoms with Gasteiger partial charge >= 0.3 is 18.0 Å². The van der Waals surface area contributed by atoms with Crippen LogP contribution in [0.3, 0.4) is 0 Å². The Morgan fingerprint density at radius 2 is 1.60 bits per heavy atom. The highest BCUT2D eigenvalue weighted by Gasteiger charge is 2.54. The first-order valence-corrected chi connectivity index (χ1v) is 11.9. The molecule has 5 amide bonds. The molecule has 0 radical (unpaired) electrons. The molecule has 1 aliphatic rings. The predicted molar refractivity (Wildman–Crippen MR) is 139 cm³/mol. The summed E-state index contributed by atoms with van der Waals surface area (Å²) in [5.41, 5.74) is 4.98. The lowest BCUT2D eigenvalue weighted by Crippen LogP contribution is -2.52. The van der Waals surface area contributed by atoms with E-state index in [2.05, 4.69) is 10.6 Å². The number of likely N-dealkylation sites (N-methyl/N-ethyl adjacent to an activating group) is 1. The highest BCUT2D eigenvalue weighted by molar-refractivity contribution is 6.09. The van der Waals surface area contributed by atoms with E-state index in [0.29, 0.717) is 16.0 Å². The maximum atomic E-state index is 13.4. The summed E-state index contributed by atoms with van der Waals surface area (Å²) in [4.78, 5) is 76.9. The Balaban J connectivity index is 1.77. The lowest BCUT2D eigenvalue weighted by Gasteiger charge is -2.29. The van der Waals surface area contributed by atoms with Crippen LogP contribution in [0.15, 0.2) is 54.6 Å². The number of nitrogens with two attached hydrogens (primary N) is 1. The van der Waals surface area contributed by atoms with Crippen LogP contribution in [0.5, 0.6) is 0 Å². The number of nitrogen functional groups attached to an aromatic ring is 1. The normalized spacial score (nSPS) is 18.1. The summed E-state index contributed by atoms with van der Waals surface area (Å²) in [7, 11) is 1.37. The summed E-state index contributed by atoms with van der Waals surface area (Å²) >= 11 is 0. The first-order chi connectivity index (χ1) is 18.8. The number of benzene rings is 2. The number of aliphatic carboxylic acids is 2. The van der Waals surface area contributed by atoms with Gasteiger partial charge in [0.1, 0.15) is 24.0 Å². The van der Waals surface area contributed by atoms with E-state index in [-0.39, 0.29) is 11.4 Å². The van der Waals surface area contributed by atoms with E-state index >= 15 is 0 Å². The summed E-state index contributed by atoms with van der Waals surface area (Å²) in [6, 6.07) is 9.71. The molecule has 0 spiro atoms. The molecule has 7 N–H and O–H groups in total. The van der Waals surface area contributed by atoms with Crippen molar-refractivity contribution >= 4 is 41.5 Å². The number of amides is 5. The van der Waals surface area contributed by atoms with Crippen LogP contribution in [0, 0.1) is 5.41 Å². The van der Waals surface area contributed by atoms with E-state index in [1.807, 2.05) is 0 Å². The fraction of sp³-hybridized carbons (Fsp3) is 0.269. The van der Waals surface area contributed by atoms with Crippen molar-refractivity contribution < 1.29 is 39.0 Å². The molecule has 0 aliphatic carbocycles. The number of rotatable bonds is 11. The van der Waals surface area contributed by atoms with Crippen LogP contribution in [0.1, 0.15) is 36.1 Å². The maximum absolute atomic E-state index is 13.4. The number of amidine groups is 1. The van der Waals surface area contributed by atoms with Crippen LogP contribution in [0.4, 0.5) is 4.79 Å². The van der Waals surface area contributed by atoms with E-state index in [4.69, 9.17) is 11.1 Å². The van der Waals surface area contributed by atoms with Gasteiger partial charge in [0.2, 0.25) is 11.8 Å². The van der Waals surface area contributed by atoms with Gasteiger partial charge < -0.3 is 31.5 Å². The van der Waals surface area contributed by atoms with E-state index in [0.717, 1.165) is 4.90 Å². The number of hydrogen-bond donors (Lipinski definition) is 6. The van der Waals surface area contributed by atoms with Gasteiger partial charge in [-0.05, 0) is 18.1 Å². The number of urea groups is 1. The molecule has 2 aromatic carbocycles. The number of carboxylic acid groups (broad SMARTS) is 2. The summed E-state index contributed by atoms with van der Waals surface area (Å²) in [5, 5.41) is 30.7. The second-order valence-electron chi connectivity index (χ2n) is 9.20. The Hall–Kier alpha value is -5.27. The third kappa shape index (κ3) is 5.90. The highest BCUT2D eigenvalue weighted by Crippen LogP contribution is 2.36. The Labute approximate surface area is 228 Å². The number of carbonyl (C=O) groups is 6. The van der Waals surface area contributed by atoms with Gasteiger partial charge in [0.25, 0.3) is 5.91 Å². The second kappa shape index (κ2) is 11.6. The average molecular weight is 553 g/mol. The Bertz CT molecular complexity index is 1360. The minimum absolute atomic E-state index is 0.185. The molecule has 210 valence electrons. The van der Waals surface area contributed by atoms with E-state index < -0.39 is 66.3 Å². The number of nitrogens with zero attached hydrogens (tertiary/aromatic N) is 2. The third-order valence-corrected chi connectivity index (χ3v) is 6.61. The number of imide groups is 1. The molecule has 14 heteroatoms. The maximum Gasteiger partial charge on any atom is 0.330 e. The predicted octanol–water partition coefficient (Wildman–Crippen LogP) is -0.0185. The summed E-state index contributed by atoms with van der Waals surface area (Å²) < 4.78 is 0. The number of nitrogens with one attached hydrogen (secondary N) is 3. The molecule has 3 rings (SSSR count). The minimum atomic E-state index is -1.70. The van der Waals surface area contributed by atoms with Gasteiger partial charge in [-0.2, -0.15) is 0 Å². The van der Waals surface area contributed by atoms with Crippen LogP contribution < -0.4 is 16.4 Å². The first-order valence-electron chi connectivity index (χ1n) is 11.9. The molecule has 0 bridgehead atoms. The zero-order chi connectivity index (χ0) is 29.8. The molecular weight excluding hydrogens is 524 g/mol. The molecule has 1 unspecified atom stereocenters. The standard InChI is InChI=1S/C26H28N6O8/c1-26(16-10-8-15(9-11-16)21(27)28)24(39)32(25(40)31(26)2)13-18(33)29-17(12-19(34)35)22(36)30-20(23(37)38)14-6-4-3-5-7-14/h3-11,17,20H,12-13H2,1-2H3,(H3,27,28)(H,29,33)(H,30,36)(H,34,35)(H,37,38)/t17-,20-,26?/m0/s1. The largest absolute Gasteiger partial charge is 0.481 e. The Kier molecular flexibility index (Phi) is 8.52. The molecule has 2 aromatic rings. The zero-order valence-electron chi connectivity index (χ0n) is 21.6. The van der Waals surface area contributed by atoms with Crippen LogP contribution in [0.2, 0.25) is 0 Å². The van der Waals surface area contributed by atoms with Crippen LogP contribution in [0.25, 0.3) is 0 Å². The zero-order valence-corrected chi connectivity index (χ0v) is 21.6. The molecule has 40 heavy (non-hydrogen) atoms. The molecule has 3 atom stereocenters. The van der Waals surface area contributed by atoms with Crippen molar-refractivity contribution in [1.29, 1.82) is 5.41 Å². The SMILES string of the molecule is CN1C(=O)N(CC(=O)N[C@@H](CC(=O)O)C(=O)N[C@H](C(=O)O)c2ccccc2)C(=O)C1(C)c1ccc(C(=N)N)cc1. The lowest BCUT2D eigenvalue weighted by atomic mass is 9.90. The second-order valence-corrected chi connectivity index (χ2v) is 9.20. The van der Waals surface area contributed by atoms with E-state index in [1.54, 1.807) is 18.2 Å². The first kappa shape index (κ1) is 29.3. The van der Waals surface area contributed by atoms with Gasteiger partial charge in [0.05, 0.1) is 6.42 Å². The van der Waals surface area contributed by atoms with Crippen molar-refractivity contribution in [3.8, 4) is 0 Å². The Morgan fingerprint density at radius 1 is 1.00 bits per heavy atom. The van der Waals surface area contributed by atoms with Crippen LogP contribution >= 0.6 is 0 Å². The number of carbonyl (C=O) groups excluding carboxylic acids is 4. The van der Waals surface area contributed by atoms with Crippen molar-refractivity contribution in [3.63, 3.8) is 0 Å². The molecule has 1 fully saturated rings. The summed E-state index contributed by atoms with van der Waals surface area (Å²) in [5.74, 6) is -5.90. The fourth-order valence-corrected chi connectivity index (χ4v) is 4.24. The summed E-state index contributed by atoms with van der Waals surface area (Å²) in [6.45, 7) is 0.651. The summed E-state index contributed by atoms with van der Waals surface area (Å²) in [6.07, 6.45) is -0.888. The molecule has 14 nitrogen and oxygen atoms in total. The lowest BCUT2D eigenvalue weighted by molar-refractivity contribution is -0.144. The molecule has 0 aromatic heterocycles. The smallest absolute Gasteiger partial charge is 0.330 e. The van der Waals surface area contributed by atoms with Crippen LogP contribution in [-0.2, 0) is 29.5 Å². The monoisotopic (exact) mass is 552 g/mol. The van der Waals surface area contributed by atoms with Gasteiger partial charge in [0, 0.05) is 12.6 Å². The van der Waals surface area contributed by atoms with Crippen molar-refractivity contribution in [1.82, 2.24) is 20.4 Å². The van der Waals surface area contributed by atoms with Crippen LogP contribution in [-0.4, -0.2) is 81.2 Å². The molecular formula is C26H28N6O8. The van der Waals surface area contributed by atoms with Gasteiger partial charge in [-0.1, -0.05) is 54.6 Å². The van der Waals surface area contributed by atoms with Crippen molar-refractivity contribution in [2.45, 2.75) is 31.0 Å². The minimum Gasteiger partial charge on any atom is -0.481 e. The molecule has 1 heterocycles. The van der Waals surface area contributed by atoms with E-state index in [9.17, 15) is 39.0 Å². The van der Waals surface area contributed by atoms with Crippen molar-refractivity contribution in [2.75, 3.05) is 13.6 Å². The Morgan fingerprint density at radius 3 is 2.12 bits per heavy atom. The average Bonchev–Trinajstić information content (AvgIpc) is 3.07. The molecule has 1 saturated heterocycles. The van der Waals surface area contributed by atoms with Gasteiger partial charge in [-0.3, -0.25) is 29.5 Å². The van der Waals surface area contributed by atoms with Gasteiger partial charge in [0.15, 0.2) is 6.04 Å². The van der Waals surface area contributed by atoms with Gasteiger partial charge in [-0.15, -0.1) is 0 Å². The van der Waals surface area contributed by atoms with E-state index in [1.165, 1.54) is 50.4 Å². The third-order valence-electron chi connectivity index (χ3n) is 6.61. The quantitative estimate of drug-likeness (QED) is 0.125. The highest BCUT2D eigenvalue weighted by atomic mass is 16.4. The topological polar surface area (TPSA) is 223 Å². The van der Waals surface area contributed by atoms with Crippen molar-refractivity contribution in [3.05, 3.63) is 71.3 Å². The number of carboxylic acids is 2. The molecule has 1 aliphatic heterocycles.